The van der Waals surface area contributed by atoms with E-state index in [9.17, 15) is 15.0 Å². The van der Waals surface area contributed by atoms with Crippen molar-refractivity contribution in [2.75, 3.05) is 6.61 Å². The van der Waals surface area contributed by atoms with Gasteiger partial charge in [0.25, 0.3) is 0 Å². The van der Waals surface area contributed by atoms with Crippen molar-refractivity contribution in [1.29, 1.82) is 0 Å². The molecule has 0 aliphatic heterocycles. The summed E-state index contributed by atoms with van der Waals surface area (Å²) in [4.78, 5) is 12.4. The lowest BCUT2D eigenvalue weighted by atomic mass is 10.0. The first-order chi connectivity index (χ1) is 25.7. The van der Waals surface area contributed by atoms with E-state index in [0.29, 0.717) is 6.42 Å². The molecule has 0 fully saturated rings. The molecule has 304 valence electrons. The predicted molar refractivity (Wildman–Crippen MR) is 230 cm³/mol. The van der Waals surface area contributed by atoms with Crippen molar-refractivity contribution in [3.63, 3.8) is 0 Å². The Morgan fingerprint density at radius 2 is 0.808 bits per heavy atom. The van der Waals surface area contributed by atoms with Gasteiger partial charge < -0.3 is 15.5 Å². The summed E-state index contributed by atoms with van der Waals surface area (Å²) in [7, 11) is 0. The second-order valence-electron chi connectivity index (χ2n) is 15.5. The Morgan fingerprint density at radius 1 is 0.462 bits per heavy atom. The monoisotopic (exact) mass is 728 g/mol. The van der Waals surface area contributed by atoms with Crippen LogP contribution < -0.4 is 5.32 Å². The number of hydrogen-bond donors (Lipinski definition) is 3. The molecule has 4 heteroatoms. The fourth-order valence-electron chi connectivity index (χ4n) is 6.75. The summed E-state index contributed by atoms with van der Waals surface area (Å²) in [6, 6.07) is -0.638. The van der Waals surface area contributed by atoms with E-state index in [2.05, 4.69) is 55.6 Å². The van der Waals surface area contributed by atoms with Crippen LogP contribution in [-0.2, 0) is 4.79 Å². The van der Waals surface area contributed by atoms with Gasteiger partial charge in [0.2, 0.25) is 5.91 Å². The number of rotatable bonds is 41. The van der Waals surface area contributed by atoms with Gasteiger partial charge in [-0.25, -0.2) is 0 Å². The average molecular weight is 728 g/mol. The van der Waals surface area contributed by atoms with Crippen molar-refractivity contribution in [3.05, 3.63) is 48.6 Å². The summed E-state index contributed by atoms with van der Waals surface area (Å²) < 4.78 is 0. The lowest BCUT2D eigenvalue weighted by Gasteiger charge is -2.19. The minimum absolute atomic E-state index is 0.0746. The second-order valence-corrected chi connectivity index (χ2v) is 15.5. The van der Waals surface area contributed by atoms with Gasteiger partial charge >= 0.3 is 0 Å². The molecule has 0 aromatic heterocycles. The molecule has 0 spiro atoms. The number of allylic oxidation sites excluding steroid dienone is 7. The number of nitrogens with one attached hydrogen (secondary N) is 1. The van der Waals surface area contributed by atoms with Crippen LogP contribution in [0, 0.1) is 0 Å². The quantitative estimate of drug-likeness (QED) is 0.0434. The number of aliphatic hydroxyl groups excluding tert-OH is 2. The van der Waals surface area contributed by atoms with Crippen LogP contribution in [0.25, 0.3) is 0 Å². The normalized spacial score (nSPS) is 13.4. The number of carbonyl (C=O) groups is 1. The standard InChI is InChI=1S/C48H89NO3/c1-3-5-7-9-11-13-15-17-18-19-20-21-22-23-24-25-26-27-28-29-30-32-34-36-38-40-42-44-48(52)49-46(45-50)47(51)43-41-39-37-35-33-31-16-14-12-10-8-6-4-2/h15,17,19-20,33,35,41,43,46-47,50-51H,3-14,16,18,21-32,34,36-40,42,44-45H2,1-2H3,(H,49,52)/b17-15-,20-19-,35-33+,43-41+. The molecule has 0 rings (SSSR count). The maximum atomic E-state index is 12.4. The topological polar surface area (TPSA) is 69.6 Å². The Bertz CT molecular complexity index is 831. The van der Waals surface area contributed by atoms with Crippen LogP contribution in [0.2, 0.25) is 0 Å². The third kappa shape index (κ3) is 39.6. The number of unbranched alkanes of at least 4 members (excludes halogenated alkanes) is 28. The van der Waals surface area contributed by atoms with Gasteiger partial charge in [0.05, 0.1) is 18.8 Å². The van der Waals surface area contributed by atoms with E-state index < -0.39 is 12.1 Å². The second kappa shape index (κ2) is 43.8. The Morgan fingerprint density at radius 3 is 1.23 bits per heavy atom. The summed E-state index contributed by atoms with van der Waals surface area (Å²) >= 11 is 0. The summed E-state index contributed by atoms with van der Waals surface area (Å²) in [5.41, 5.74) is 0. The van der Waals surface area contributed by atoms with E-state index in [4.69, 9.17) is 0 Å². The van der Waals surface area contributed by atoms with Crippen LogP contribution in [0.4, 0.5) is 0 Å². The highest BCUT2D eigenvalue weighted by Gasteiger charge is 2.17. The zero-order valence-electron chi connectivity index (χ0n) is 34.8. The smallest absolute Gasteiger partial charge is 0.220 e. The van der Waals surface area contributed by atoms with E-state index in [-0.39, 0.29) is 12.5 Å². The maximum Gasteiger partial charge on any atom is 0.220 e. The van der Waals surface area contributed by atoms with E-state index in [1.54, 1.807) is 6.08 Å². The van der Waals surface area contributed by atoms with Gasteiger partial charge in [0.1, 0.15) is 0 Å². The molecule has 0 aromatic carbocycles. The predicted octanol–water partition coefficient (Wildman–Crippen LogP) is 14.4. The maximum absolute atomic E-state index is 12.4. The Hall–Kier alpha value is -1.65. The van der Waals surface area contributed by atoms with Gasteiger partial charge in [-0.05, 0) is 64.2 Å². The zero-order chi connectivity index (χ0) is 37.8. The molecule has 4 nitrogen and oxygen atoms in total. The highest BCUT2D eigenvalue weighted by molar-refractivity contribution is 5.76. The molecular formula is C48H89NO3. The zero-order valence-corrected chi connectivity index (χ0v) is 34.8. The van der Waals surface area contributed by atoms with Gasteiger partial charge in [0.15, 0.2) is 0 Å². The Labute approximate surface area is 324 Å². The first-order valence-electron chi connectivity index (χ1n) is 22.9. The molecule has 0 bridgehead atoms. The molecular weight excluding hydrogens is 639 g/mol. The van der Waals surface area contributed by atoms with E-state index >= 15 is 0 Å². The highest BCUT2D eigenvalue weighted by Crippen LogP contribution is 2.15. The number of carbonyl (C=O) groups excluding carboxylic acids is 1. The van der Waals surface area contributed by atoms with Gasteiger partial charge in [0, 0.05) is 6.42 Å². The van der Waals surface area contributed by atoms with Crippen LogP contribution in [0.5, 0.6) is 0 Å². The minimum Gasteiger partial charge on any atom is -0.394 e. The van der Waals surface area contributed by atoms with Crippen molar-refractivity contribution in [1.82, 2.24) is 5.32 Å². The van der Waals surface area contributed by atoms with Crippen LogP contribution in [-0.4, -0.2) is 34.9 Å². The molecule has 1 amide bonds. The number of hydrogen-bond acceptors (Lipinski definition) is 3. The lowest BCUT2D eigenvalue weighted by Crippen LogP contribution is -2.45. The highest BCUT2D eigenvalue weighted by atomic mass is 16.3. The van der Waals surface area contributed by atoms with Crippen molar-refractivity contribution in [2.45, 2.75) is 244 Å². The number of amides is 1. The Balaban J connectivity index is 3.53. The molecule has 0 aliphatic carbocycles. The summed E-state index contributed by atoms with van der Waals surface area (Å²) in [5, 5.41) is 23.0. The third-order valence-corrected chi connectivity index (χ3v) is 10.3. The fraction of sp³-hybridized carbons (Fsp3) is 0.812. The molecule has 0 aromatic rings. The number of aliphatic hydroxyl groups is 2. The molecule has 3 N–H and O–H groups in total. The van der Waals surface area contributed by atoms with Gasteiger partial charge in [-0.3, -0.25) is 4.79 Å². The fourth-order valence-corrected chi connectivity index (χ4v) is 6.75. The van der Waals surface area contributed by atoms with Crippen molar-refractivity contribution in [3.8, 4) is 0 Å². The Kier molecular flexibility index (Phi) is 42.4. The molecule has 52 heavy (non-hydrogen) atoms. The van der Waals surface area contributed by atoms with Crippen LogP contribution in [0.3, 0.4) is 0 Å². The van der Waals surface area contributed by atoms with Gasteiger partial charge in [-0.2, -0.15) is 0 Å². The largest absolute Gasteiger partial charge is 0.394 e. The molecule has 0 heterocycles. The minimum atomic E-state index is -0.861. The lowest BCUT2D eigenvalue weighted by molar-refractivity contribution is -0.123. The SMILES string of the molecule is CCCCCCC/C=C\C/C=C\CCCCCCCCCCCCCCCCCC(=O)NC(CO)C(O)/C=C/CC/C=C/CCCCCCCCC. The molecule has 0 saturated heterocycles. The van der Waals surface area contributed by atoms with Crippen LogP contribution in [0.1, 0.15) is 232 Å². The third-order valence-electron chi connectivity index (χ3n) is 10.3. The van der Waals surface area contributed by atoms with Crippen LogP contribution >= 0.6 is 0 Å². The van der Waals surface area contributed by atoms with Crippen molar-refractivity contribution in [2.24, 2.45) is 0 Å². The van der Waals surface area contributed by atoms with Crippen molar-refractivity contribution < 1.29 is 15.0 Å². The molecule has 2 unspecified atom stereocenters. The summed E-state index contributed by atoms with van der Waals surface area (Å²) in [6.07, 6.45) is 59.4. The summed E-state index contributed by atoms with van der Waals surface area (Å²) in [5.74, 6) is -0.0746. The molecule has 2 atom stereocenters. The van der Waals surface area contributed by atoms with Gasteiger partial charge in [-0.1, -0.05) is 210 Å². The molecule has 0 radical (unpaired) electrons. The first kappa shape index (κ1) is 50.4. The van der Waals surface area contributed by atoms with Gasteiger partial charge in [-0.15, -0.1) is 0 Å². The van der Waals surface area contributed by atoms with E-state index in [0.717, 1.165) is 38.5 Å². The van der Waals surface area contributed by atoms with E-state index in [1.165, 1.54) is 173 Å². The van der Waals surface area contributed by atoms with E-state index in [1.807, 2.05) is 6.08 Å². The summed E-state index contributed by atoms with van der Waals surface area (Å²) in [6.45, 7) is 4.28. The van der Waals surface area contributed by atoms with Crippen LogP contribution in [0.15, 0.2) is 48.6 Å². The molecule has 0 saturated carbocycles. The average Bonchev–Trinajstić information content (AvgIpc) is 3.15. The molecule has 0 aliphatic rings. The van der Waals surface area contributed by atoms with Crippen molar-refractivity contribution >= 4 is 5.91 Å². The first-order valence-corrected chi connectivity index (χ1v) is 22.9.